The summed E-state index contributed by atoms with van der Waals surface area (Å²) in [6, 6.07) is 38.1. The zero-order chi connectivity index (χ0) is 35.4. The van der Waals surface area contributed by atoms with Crippen molar-refractivity contribution >= 4 is 3.21 Å². The van der Waals surface area contributed by atoms with Crippen molar-refractivity contribution in [3.8, 4) is 11.1 Å². The van der Waals surface area contributed by atoms with E-state index in [2.05, 4.69) is 180 Å². The third kappa shape index (κ3) is 7.98. The van der Waals surface area contributed by atoms with Crippen LogP contribution in [0, 0.1) is 17.8 Å². The van der Waals surface area contributed by atoms with Crippen LogP contribution < -0.4 is 24.8 Å². The third-order valence-corrected chi connectivity index (χ3v) is 19.3. The molecule has 3 heteroatoms. The molecule has 0 N–H and O–H groups in total. The molecule has 0 fully saturated rings. The van der Waals surface area contributed by atoms with E-state index in [0.717, 1.165) is 6.42 Å². The number of benzene rings is 4. The average molecular weight is 797 g/mol. The summed E-state index contributed by atoms with van der Waals surface area (Å²) in [5.74, 6) is 1.53. The van der Waals surface area contributed by atoms with Gasteiger partial charge in [-0.25, -0.2) is 0 Å². The standard InChI is InChI=1S/C21H25.C14H23.C13H10.2ClH.Zr/c1-20(2,3)16-7-9-18-14(12-16)11-15-13-17(21(4,5)6)8-10-19(15)18;1-9(2)12-7-8-13(10(3)4)14(12)11(5)6;1-3-7-12(8-4-1)11-13-9-5-2-6-10-13;;;/h7-13H,1-6H3;9-11H,7H2,1-6H3;1-10H;2*1H;/q;;;;;+2/p-2. The topological polar surface area (TPSA) is 0 Å². The molecule has 0 nitrogen and oxygen atoms in total. The Kier molecular flexibility index (Phi) is 13.0. The van der Waals surface area contributed by atoms with Crippen LogP contribution in [0.5, 0.6) is 0 Å². The molecule has 0 bridgehead atoms. The van der Waals surface area contributed by atoms with Gasteiger partial charge in [-0.3, -0.25) is 0 Å². The number of allylic oxidation sites excluding steroid dienone is 4. The summed E-state index contributed by atoms with van der Waals surface area (Å²) >= 11 is -2.97. The van der Waals surface area contributed by atoms with Crippen LogP contribution in [0.4, 0.5) is 0 Å². The fourth-order valence-electron chi connectivity index (χ4n) is 8.48. The SMILES string of the molecule is CC(C)C1=C(C(C)C)C(C(C)C)=[C]([Zr+2](=[C](c2ccccc2)c2ccccc2)[CH]2c3cc(C(C)(C)C)ccc3-c3ccc(C(C)(C)C)cc32)C1.[Cl-].[Cl-]. The molecule has 51 heavy (non-hydrogen) atoms. The van der Waals surface area contributed by atoms with Crippen molar-refractivity contribution in [3.05, 3.63) is 150 Å². The molecule has 2 aliphatic carbocycles. The van der Waals surface area contributed by atoms with Crippen LogP contribution in [0.1, 0.15) is 127 Å². The van der Waals surface area contributed by atoms with Crippen molar-refractivity contribution in [2.45, 2.75) is 104 Å². The molecule has 0 saturated heterocycles. The van der Waals surface area contributed by atoms with Gasteiger partial charge < -0.3 is 24.8 Å². The molecular weight excluding hydrogens is 739 g/mol. The second-order valence-corrected chi connectivity index (χ2v) is 23.7. The molecule has 0 heterocycles. The molecule has 0 atom stereocenters. The largest absolute Gasteiger partial charge is 1.00 e. The number of fused-ring (bicyclic) bond motifs is 3. The van der Waals surface area contributed by atoms with E-state index in [9.17, 15) is 0 Å². The van der Waals surface area contributed by atoms with Gasteiger partial charge in [-0.1, -0.05) is 0 Å². The Labute approximate surface area is 330 Å². The van der Waals surface area contributed by atoms with E-state index in [4.69, 9.17) is 0 Å². The van der Waals surface area contributed by atoms with Crippen LogP contribution in [0.15, 0.2) is 117 Å². The van der Waals surface area contributed by atoms with Gasteiger partial charge in [0, 0.05) is 0 Å². The van der Waals surface area contributed by atoms with Gasteiger partial charge in [0.1, 0.15) is 0 Å². The minimum atomic E-state index is -2.97. The minimum absolute atomic E-state index is 0. The molecule has 0 spiro atoms. The molecule has 0 saturated carbocycles. The van der Waals surface area contributed by atoms with Gasteiger partial charge >= 0.3 is 308 Å². The van der Waals surface area contributed by atoms with Crippen LogP contribution in [-0.4, -0.2) is 3.21 Å². The fraction of sp³-hybridized carbons (Fsp3) is 0.396. The van der Waals surface area contributed by atoms with Gasteiger partial charge in [-0.15, -0.1) is 0 Å². The molecule has 4 aromatic rings. The molecule has 268 valence electrons. The molecule has 0 aliphatic heterocycles. The summed E-state index contributed by atoms with van der Waals surface area (Å²) in [6.07, 6.45) is 1.13. The van der Waals surface area contributed by atoms with Gasteiger partial charge in [0.25, 0.3) is 0 Å². The summed E-state index contributed by atoms with van der Waals surface area (Å²) in [5.41, 5.74) is 17.0. The Hall–Kier alpha value is -2.31. The first-order chi connectivity index (χ1) is 23.1. The number of hydrogen-bond acceptors (Lipinski definition) is 0. The molecule has 6 rings (SSSR count). The molecule has 2 aliphatic rings. The van der Waals surface area contributed by atoms with Gasteiger partial charge in [-0.2, -0.15) is 0 Å². The Morgan fingerprint density at radius 2 is 0.961 bits per heavy atom. The van der Waals surface area contributed by atoms with Crippen LogP contribution in [-0.2, 0) is 32.1 Å². The van der Waals surface area contributed by atoms with Crippen molar-refractivity contribution in [1.29, 1.82) is 0 Å². The maximum Gasteiger partial charge on any atom is -1.00 e. The van der Waals surface area contributed by atoms with Crippen molar-refractivity contribution in [2.24, 2.45) is 17.8 Å². The van der Waals surface area contributed by atoms with E-state index >= 15 is 0 Å². The Morgan fingerprint density at radius 1 is 0.549 bits per heavy atom. The predicted octanol–water partition coefficient (Wildman–Crippen LogP) is 7.17. The number of rotatable bonds is 7. The summed E-state index contributed by atoms with van der Waals surface area (Å²) in [7, 11) is 0. The van der Waals surface area contributed by atoms with Crippen LogP contribution >= 0.6 is 0 Å². The van der Waals surface area contributed by atoms with Crippen molar-refractivity contribution in [3.63, 3.8) is 0 Å². The second-order valence-electron chi connectivity index (χ2n) is 17.5. The summed E-state index contributed by atoms with van der Waals surface area (Å²) < 4.78 is 3.87. The minimum Gasteiger partial charge on any atom is -1.00 e. The summed E-state index contributed by atoms with van der Waals surface area (Å²) in [6.45, 7) is 28.9. The van der Waals surface area contributed by atoms with E-state index in [1.165, 1.54) is 33.4 Å². The van der Waals surface area contributed by atoms with Gasteiger partial charge in [0.05, 0.1) is 0 Å². The summed E-state index contributed by atoms with van der Waals surface area (Å²) in [4.78, 5) is 0. The van der Waals surface area contributed by atoms with Gasteiger partial charge in [0.15, 0.2) is 0 Å². The van der Waals surface area contributed by atoms with Gasteiger partial charge in [-0.05, 0) is 0 Å². The van der Waals surface area contributed by atoms with Crippen LogP contribution in [0.2, 0.25) is 0 Å². The van der Waals surface area contributed by atoms with E-state index in [0.29, 0.717) is 21.4 Å². The molecule has 4 aromatic carbocycles. The predicted molar refractivity (Wildman–Crippen MR) is 210 cm³/mol. The van der Waals surface area contributed by atoms with E-state index in [1.54, 1.807) is 31.1 Å². The maximum atomic E-state index is 2.63. The smallest absolute Gasteiger partial charge is 1.00 e. The average Bonchev–Trinajstić information content (AvgIpc) is 3.60. The van der Waals surface area contributed by atoms with Crippen LogP contribution in [0.3, 0.4) is 0 Å². The van der Waals surface area contributed by atoms with Crippen LogP contribution in [0.25, 0.3) is 11.1 Å². The first kappa shape index (κ1) is 41.4. The zero-order valence-electron chi connectivity index (χ0n) is 33.0. The number of halogens is 2. The van der Waals surface area contributed by atoms with Gasteiger partial charge in [0.2, 0.25) is 0 Å². The second kappa shape index (κ2) is 16.0. The molecule has 0 radical (unpaired) electrons. The Bertz CT molecular complexity index is 1850. The number of hydrogen-bond donors (Lipinski definition) is 0. The zero-order valence-corrected chi connectivity index (χ0v) is 37.0. The van der Waals surface area contributed by atoms with E-state index in [1.807, 2.05) is 3.28 Å². The normalized spacial score (nSPS) is 14.4. The quantitative estimate of drug-likeness (QED) is 0.186. The van der Waals surface area contributed by atoms with Crippen molar-refractivity contribution < 1.29 is 46.1 Å². The monoisotopic (exact) mass is 794 g/mol. The first-order valence-corrected chi connectivity index (χ1v) is 22.6. The Morgan fingerprint density at radius 3 is 1.31 bits per heavy atom. The van der Waals surface area contributed by atoms with E-state index in [-0.39, 0.29) is 35.6 Å². The maximum absolute atomic E-state index is 2.97. The van der Waals surface area contributed by atoms with Crippen molar-refractivity contribution in [1.82, 2.24) is 0 Å². The Balaban J connectivity index is 0.00000292. The van der Waals surface area contributed by atoms with Crippen molar-refractivity contribution in [2.75, 3.05) is 0 Å². The molecular formula is C48H58Cl2Zr. The summed E-state index contributed by atoms with van der Waals surface area (Å²) in [5, 5.41) is 0. The fourth-order valence-corrected chi connectivity index (χ4v) is 18.5. The van der Waals surface area contributed by atoms with E-state index < -0.39 is 21.3 Å². The molecule has 0 amide bonds. The molecule has 0 aromatic heterocycles. The third-order valence-electron chi connectivity index (χ3n) is 10.9. The first-order valence-electron chi connectivity index (χ1n) is 18.7. The molecule has 0 unspecified atom stereocenters.